The van der Waals surface area contributed by atoms with Crippen molar-refractivity contribution >= 4 is 23.2 Å². The van der Waals surface area contributed by atoms with Crippen molar-refractivity contribution in [2.75, 3.05) is 13.1 Å². The average Bonchev–Trinajstić information content (AvgIpc) is 2.63. The molecule has 0 aliphatic carbocycles. The number of thiazole rings is 1. The van der Waals surface area contributed by atoms with E-state index >= 15 is 0 Å². The summed E-state index contributed by atoms with van der Waals surface area (Å²) in [5.41, 5.74) is 0.712. The number of hydrogen-bond acceptors (Lipinski definition) is 4. The lowest BCUT2D eigenvalue weighted by molar-refractivity contribution is -0.141. The number of aryl methyl sites for hydroxylation is 2. The van der Waals surface area contributed by atoms with Crippen LogP contribution >= 0.6 is 11.3 Å². The molecule has 6 heteroatoms. The molecule has 1 aromatic heterocycles. The molecule has 1 heterocycles. The van der Waals surface area contributed by atoms with Crippen molar-refractivity contribution < 1.29 is 14.7 Å². The molecule has 0 spiro atoms. The molecular formula is C12H18N2O3S. The number of carboxylic acid groups (broad SMARTS) is 1. The topological polar surface area (TPSA) is 70.5 Å². The fourth-order valence-electron chi connectivity index (χ4n) is 1.64. The van der Waals surface area contributed by atoms with Crippen LogP contribution in [0.1, 0.15) is 34.2 Å². The molecule has 0 radical (unpaired) electrons. The van der Waals surface area contributed by atoms with Crippen LogP contribution in [0.2, 0.25) is 0 Å². The number of nitrogens with zero attached hydrogens (tertiary/aromatic N) is 2. The van der Waals surface area contributed by atoms with Crippen LogP contribution in [0.25, 0.3) is 0 Å². The second kappa shape index (κ2) is 5.95. The summed E-state index contributed by atoms with van der Waals surface area (Å²) in [6.45, 7) is 7.81. The van der Waals surface area contributed by atoms with Gasteiger partial charge in [0.05, 0.1) is 16.6 Å². The Labute approximate surface area is 110 Å². The molecule has 1 N–H and O–H groups in total. The standard InChI is InChI=1S/C12H18N2O3S/c1-5-14(6-7(2)12(16)17)11(15)10-8(3)13-9(4)18-10/h7H,5-6H2,1-4H3,(H,16,17)/t7-/m1/s1. The minimum absolute atomic E-state index is 0.131. The molecule has 18 heavy (non-hydrogen) atoms. The van der Waals surface area contributed by atoms with Crippen LogP contribution in [0.5, 0.6) is 0 Å². The minimum atomic E-state index is -0.890. The quantitative estimate of drug-likeness (QED) is 0.887. The normalized spacial score (nSPS) is 12.2. The summed E-state index contributed by atoms with van der Waals surface area (Å²) in [4.78, 5) is 29.5. The summed E-state index contributed by atoms with van der Waals surface area (Å²) >= 11 is 1.35. The maximum absolute atomic E-state index is 12.3. The first-order valence-electron chi connectivity index (χ1n) is 5.82. The number of amides is 1. The lowest BCUT2D eigenvalue weighted by Crippen LogP contribution is -2.36. The van der Waals surface area contributed by atoms with Crippen LogP contribution in [0.3, 0.4) is 0 Å². The Morgan fingerprint density at radius 3 is 2.44 bits per heavy atom. The van der Waals surface area contributed by atoms with Gasteiger partial charge in [-0.05, 0) is 20.8 Å². The monoisotopic (exact) mass is 270 g/mol. The van der Waals surface area contributed by atoms with Crippen LogP contribution in [0.4, 0.5) is 0 Å². The average molecular weight is 270 g/mol. The Bertz CT molecular complexity index is 456. The van der Waals surface area contributed by atoms with Crippen LogP contribution in [-0.4, -0.2) is 40.0 Å². The molecule has 0 saturated heterocycles. The van der Waals surface area contributed by atoms with E-state index < -0.39 is 11.9 Å². The molecule has 0 unspecified atom stereocenters. The highest BCUT2D eigenvalue weighted by molar-refractivity contribution is 7.13. The van der Waals surface area contributed by atoms with Gasteiger partial charge >= 0.3 is 5.97 Å². The number of carbonyl (C=O) groups is 2. The first kappa shape index (κ1) is 14.6. The predicted octanol–water partition coefficient (Wildman–Crippen LogP) is 1.94. The van der Waals surface area contributed by atoms with E-state index in [-0.39, 0.29) is 12.5 Å². The minimum Gasteiger partial charge on any atom is -0.481 e. The highest BCUT2D eigenvalue weighted by Crippen LogP contribution is 2.19. The van der Waals surface area contributed by atoms with E-state index in [4.69, 9.17) is 5.11 Å². The van der Waals surface area contributed by atoms with Gasteiger partial charge in [0.25, 0.3) is 5.91 Å². The van der Waals surface area contributed by atoms with E-state index in [1.807, 2.05) is 13.8 Å². The number of rotatable bonds is 5. The molecule has 0 aliphatic heterocycles. The zero-order valence-corrected chi connectivity index (χ0v) is 11.9. The van der Waals surface area contributed by atoms with Crippen LogP contribution < -0.4 is 0 Å². The van der Waals surface area contributed by atoms with Gasteiger partial charge in [0.1, 0.15) is 4.88 Å². The SMILES string of the molecule is CCN(C[C@@H](C)C(=O)O)C(=O)c1sc(C)nc1C. The maximum Gasteiger partial charge on any atom is 0.308 e. The fourth-order valence-corrected chi connectivity index (χ4v) is 2.53. The molecule has 0 bridgehead atoms. The van der Waals surface area contributed by atoms with Gasteiger partial charge in [-0.15, -0.1) is 11.3 Å². The second-order valence-corrected chi connectivity index (χ2v) is 5.43. The molecule has 100 valence electrons. The lowest BCUT2D eigenvalue weighted by Gasteiger charge is -2.22. The predicted molar refractivity (Wildman–Crippen MR) is 70.0 cm³/mol. The Kier molecular flexibility index (Phi) is 4.84. The Hall–Kier alpha value is -1.43. The van der Waals surface area contributed by atoms with Crippen molar-refractivity contribution in [3.63, 3.8) is 0 Å². The molecule has 1 atom stereocenters. The zero-order chi connectivity index (χ0) is 13.9. The van der Waals surface area contributed by atoms with Gasteiger partial charge in [-0.25, -0.2) is 4.98 Å². The third kappa shape index (κ3) is 3.29. The largest absolute Gasteiger partial charge is 0.481 e. The molecule has 5 nitrogen and oxygen atoms in total. The van der Waals surface area contributed by atoms with Crippen molar-refractivity contribution in [2.24, 2.45) is 5.92 Å². The van der Waals surface area contributed by atoms with E-state index in [0.29, 0.717) is 17.1 Å². The second-order valence-electron chi connectivity index (χ2n) is 4.23. The molecule has 0 aliphatic rings. The van der Waals surface area contributed by atoms with Crippen molar-refractivity contribution in [2.45, 2.75) is 27.7 Å². The van der Waals surface area contributed by atoms with Gasteiger partial charge in [-0.3, -0.25) is 9.59 Å². The van der Waals surface area contributed by atoms with E-state index in [9.17, 15) is 9.59 Å². The highest BCUT2D eigenvalue weighted by atomic mass is 32.1. The first-order valence-corrected chi connectivity index (χ1v) is 6.64. The lowest BCUT2D eigenvalue weighted by atomic mass is 10.1. The van der Waals surface area contributed by atoms with E-state index in [0.717, 1.165) is 5.01 Å². The highest BCUT2D eigenvalue weighted by Gasteiger charge is 2.23. The molecule has 1 aromatic rings. The van der Waals surface area contributed by atoms with Crippen molar-refractivity contribution in [3.8, 4) is 0 Å². The Morgan fingerprint density at radius 1 is 1.44 bits per heavy atom. The molecule has 1 rings (SSSR count). The van der Waals surface area contributed by atoms with Gasteiger partial charge in [0, 0.05) is 13.1 Å². The van der Waals surface area contributed by atoms with Crippen molar-refractivity contribution in [3.05, 3.63) is 15.6 Å². The molecule has 0 aromatic carbocycles. The number of carboxylic acids is 1. The fraction of sp³-hybridized carbons (Fsp3) is 0.583. The number of aliphatic carboxylic acids is 1. The third-order valence-electron chi connectivity index (χ3n) is 2.68. The van der Waals surface area contributed by atoms with Gasteiger partial charge in [0.2, 0.25) is 0 Å². The third-order valence-corrected chi connectivity index (χ3v) is 3.74. The smallest absolute Gasteiger partial charge is 0.308 e. The van der Waals surface area contributed by atoms with E-state index in [1.165, 1.54) is 11.3 Å². The maximum atomic E-state index is 12.3. The summed E-state index contributed by atoms with van der Waals surface area (Å²) in [6, 6.07) is 0. The van der Waals surface area contributed by atoms with Crippen molar-refractivity contribution in [1.29, 1.82) is 0 Å². The van der Waals surface area contributed by atoms with Gasteiger partial charge in [-0.2, -0.15) is 0 Å². The van der Waals surface area contributed by atoms with Crippen molar-refractivity contribution in [1.82, 2.24) is 9.88 Å². The molecule has 1 amide bonds. The summed E-state index contributed by atoms with van der Waals surface area (Å²) in [5, 5.41) is 9.74. The molecule has 0 fully saturated rings. The van der Waals surface area contributed by atoms with E-state index in [2.05, 4.69) is 4.98 Å². The van der Waals surface area contributed by atoms with Gasteiger partial charge in [0.15, 0.2) is 0 Å². The Morgan fingerprint density at radius 2 is 2.06 bits per heavy atom. The van der Waals surface area contributed by atoms with Crippen LogP contribution in [0, 0.1) is 19.8 Å². The Balaban J connectivity index is 2.86. The van der Waals surface area contributed by atoms with Gasteiger partial charge in [-0.1, -0.05) is 6.92 Å². The van der Waals surface area contributed by atoms with Crippen LogP contribution in [-0.2, 0) is 4.79 Å². The molecular weight excluding hydrogens is 252 g/mol. The molecule has 0 saturated carbocycles. The number of aromatic nitrogens is 1. The zero-order valence-electron chi connectivity index (χ0n) is 11.1. The summed E-state index contributed by atoms with van der Waals surface area (Å²) in [5.74, 6) is -1.59. The summed E-state index contributed by atoms with van der Waals surface area (Å²) in [6.07, 6.45) is 0. The summed E-state index contributed by atoms with van der Waals surface area (Å²) < 4.78 is 0. The van der Waals surface area contributed by atoms with Crippen LogP contribution in [0.15, 0.2) is 0 Å². The van der Waals surface area contributed by atoms with E-state index in [1.54, 1.807) is 18.7 Å². The van der Waals surface area contributed by atoms with Gasteiger partial charge < -0.3 is 10.0 Å². The first-order chi connectivity index (χ1) is 8.36. The number of carbonyl (C=O) groups excluding carboxylic acids is 1. The number of hydrogen-bond donors (Lipinski definition) is 1. The summed E-state index contributed by atoms with van der Waals surface area (Å²) in [7, 11) is 0.